The first-order chi connectivity index (χ1) is 41.0. The molecule has 14 nitrogen and oxygen atoms in total. The Labute approximate surface area is 550 Å². The molecule has 498 valence electrons. The van der Waals surface area contributed by atoms with Gasteiger partial charge in [0.15, 0.2) is 34.5 Å². The van der Waals surface area contributed by atoms with Crippen LogP contribution in [0, 0.1) is 40.7 Å². The van der Waals surface area contributed by atoms with Crippen LogP contribution in [0.4, 0.5) is 0 Å². The molecule has 6 saturated carbocycles. The number of piperidine rings is 3. The number of aromatic hydroxyl groups is 2. The Morgan fingerprint density at radius 3 is 1.42 bits per heavy atom. The fourth-order valence-corrected chi connectivity index (χ4v) is 21.3. The third kappa shape index (κ3) is 9.26. The van der Waals surface area contributed by atoms with Crippen molar-refractivity contribution in [3.8, 4) is 34.5 Å². The van der Waals surface area contributed by atoms with Crippen molar-refractivity contribution in [3.05, 3.63) is 111 Å². The van der Waals surface area contributed by atoms with E-state index in [1.54, 1.807) is 12.1 Å². The SMILES string of the molecule is C.C.C.C.CO.C[C@H]1CC[C@@]2(O)[C@H]3Cc4ccc(O)c5c4[C@@]2(CCN3CC2CC2)[C@H]1O5.C[C@H]1CC[C@@]2(O)[C@H]3Cc4ccc(O)c5c4[C@@]2(CC[N+]3([O-])CC2CC2)[C@H]1O5.C[C@H]1CC[C@@]2(O)[C@H]3Cc4ccc(OCc5ccccc5)c5c4[C@@]2(CCN3CC2CC2)[C@H]1O5.[Pd]. The quantitative estimate of drug-likeness (QED) is 0.0528. The van der Waals surface area contributed by atoms with Gasteiger partial charge in [0.25, 0.3) is 0 Å². The van der Waals surface area contributed by atoms with Crippen molar-refractivity contribution >= 4 is 0 Å². The molecule has 6 N–H and O–H groups in total. The summed E-state index contributed by atoms with van der Waals surface area (Å²) < 4.78 is 25.6. The molecule has 19 rings (SSSR count). The molecular formula is C75H107N3O11Pd. The second-order valence-electron chi connectivity index (χ2n) is 30.0. The van der Waals surface area contributed by atoms with Crippen LogP contribution in [0.2, 0.25) is 0 Å². The molecule has 15 aliphatic rings. The van der Waals surface area contributed by atoms with Crippen LogP contribution in [0.3, 0.4) is 0 Å². The van der Waals surface area contributed by atoms with Gasteiger partial charge in [0.1, 0.15) is 36.6 Å². The Balaban J connectivity index is 0.000000134. The van der Waals surface area contributed by atoms with Crippen molar-refractivity contribution in [3.63, 3.8) is 0 Å². The average Bonchev–Trinajstić information content (AvgIpc) is 1.37. The van der Waals surface area contributed by atoms with Gasteiger partial charge in [-0.3, -0.25) is 9.80 Å². The van der Waals surface area contributed by atoms with Gasteiger partial charge in [-0.2, -0.15) is 0 Å². The summed E-state index contributed by atoms with van der Waals surface area (Å²) in [5, 5.41) is 78.5. The molecule has 6 bridgehead atoms. The summed E-state index contributed by atoms with van der Waals surface area (Å²) in [5.74, 6) is 6.81. The number of benzene rings is 4. The molecule has 3 saturated heterocycles. The fourth-order valence-electron chi connectivity index (χ4n) is 21.3. The van der Waals surface area contributed by atoms with Gasteiger partial charge >= 0.3 is 0 Å². The summed E-state index contributed by atoms with van der Waals surface area (Å²) in [7, 11) is 1.00. The van der Waals surface area contributed by atoms with Gasteiger partial charge in [-0.05, 0) is 186 Å². The summed E-state index contributed by atoms with van der Waals surface area (Å²) in [6, 6.07) is 22.3. The van der Waals surface area contributed by atoms with E-state index in [0.717, 1.165) is 150 Å². The Morgan fingerprint density at radius 2 is 0.944 bits per heavy atom. The molecule has 0 radical (unpaired) electrons. The van der Waals surface area contributed by atoms with Crippen molar-refractivity contribution in [2.24, 2.45) is 35.5 Å². The van der Waals surface area contributed by atoms with Crippen LogP contribution in [0.1, 0.15) is 186 Å². The number of aliphatic hydroxyl groups excluding tert-OH is 1. The minimum Gasteiger partial charge on any atom is -0.632 e. The van der Waals surface area contributed by atoms with Gasteiger partial charge in [0.05, 0.1) is 40.5 Å². The van der Waals surface area contributed by atoms with Crippen LogP contribution in [0.5, 0.6) is 34.5 Å². The maximum absolute atomic E-state index is 13.9. The van der Waals surface area contributed by atoms with Crippen LogP contribution >= 0.6 is 0 Å². The predicted octanol–water partition coefficient (Wildman–Crippen LogP) is 11.8. The van der Waals surface area contributed by atoms with E-state index in [-0.39, 0.29) is 114 Å². The van der Waals surface area contributed by atoms with Crippen LogP contribution in [-0.2, 0) is 62.5 Å². The second-order valence-corrected chi connectivity index (χ2v) is 30.0. The van der Waals surface area contributed by atoms with Crippen molar-refractivity contribution in [1.29, 1.82) is 0 Å². The number of phenolic OH excluding ortho intramolecular Hbond substituents is 2. The maximum atomic E-state index is 13.9. The second kappa shape index (κ2) is 23.7. The van der Waals surface area contributed by atoms with E-state index in [1.807, 2.05) is 24.3 Å². The summed E-state index contributed by atoms with van der Waals surface area (Å²) in [4.78, 5) is 5.22. The molecule has 9 aliphatic carbocycles. The standard InChI is InChI=1S/C28H33NO3.C21H27NO4.C21H27NO3.CH4O.4CH4.Pd/c1-18-11-12-28(30)23-15-21-9-10-22(31-17-20-5-3-2-4-6-20)25-24(21)27(28,26(18)32-25)13-14-29(23)16-19-7-8-19;1-12-6-7-21(24)16-10-14-4-5-15(23)18-17(14)20(21,19(12)26-18)8-9-22(16,25)11-13-2-3-13;1-12-6-7-21(24)16-10-14-4-5-15(23)18-17(14)20(21,19(12)25-18)8-9-22(16)11-13-2-3-13;1-2;;;;;/h2-6,9-10,18-19,23,26,30H,7-8,11-17H2,1H3;4-5,12-13,16,19,23-24H,2-3,6-11H2,1H3;4-5,12-13,16,19,23-24H,2-3,6-11H2,1H3;2H,1H3;4*1H4;/t18-,23+,26-,27-,28+;12-,16+,19-,20-,21+,22?;12-,16+,19-,20-,21+;;;;;;/m000....../s1. The number of likely N-dealkylation sites (tertiary alicyclic amines) is 3. The first kappa shape index (κ1) is 67.4. The van der Waals surface area contributed by atoms with E-state index >= 15 is 0 Å². The number of rotatable bonds is 9. The van der Waals surface area contributed by atoms with Crippen LogP contribution in [-0.4, -0.2) is 145 Å². The number of phenols is 2. The molecule has 1 unspecified atom stereocenters. The van der Waals surface area contributed by atoms with Crippen molar-refractivity contribution in [1.82, 2.24) is 9.80 Å². The van der Waals surface area contributed by atoms with Crippen LogP contribution < -0.4 is 18.9 Å². The van der Waals surface area contributed by atoms with E-state index in [9.17, 15) is 30.7 Å². The van der Waals surface area contributed by atoms with E-state index in [4.69, 9.17) is 24.1 Å². The minimum atomic E-state index is -1.02. The monoisotopic (exact) mass is 1330 g/mol. The van der Waals surface area contributed by atoms with E-state index in [1.165, 1.54) is 42.4 Å². The maximum Gasteiger partial charge on any atom is 0.165 e. The molecule has 6 aliphatic heterocycles. The third-order valence-electron chi connectivity index (χ3n) is 25.7. The first-order valence-corrected chi connectivity index (χ1v) is 33.2. The zero-order valence-electron chi connectivity index (χ0n) is 50.8. The molecule has 9 fully saturated rings. The topological polar surface area (TPSA) is 188 Å². The van der Waals surface area contributed by atoms with Crippen molar-refractivity contribution in [2.45, 2.75) is 242 Å². The molecule has 0 aromatic heterocycles. The Morgan fingerprint density at radius 1 is 0.522 bits per heavy atom. The van der Waals surface area contributed by atoms with Crippen molar-refractivity contribution < 1.29 is 74.7 Å². The molecule has 90 heavy (non-hydrogen) atoms. The molecule has 0 amide bonds. The number of ether oxygens (including phenoxy) is 4. The Hall–Kier alpha value is -3.98. The largest absolute Gasteiger partial charge is 0.632 e. The van der Waals surface area contributed by atoms with Gasteiger partial charge in [-0.15, -0.1) is 0 Å². The zero-order chi connectivity index (χ0) is 58.4. The molecule has 15 heteroatoms. The molecule has 4 aromatic rings. The van der Waals surface area contributed by atoms with E-state index in [2.05, 4.69) is 60.9 Å². The number of hydrogen-bond donors (Lipinski definition) is 6. The number of quaternary nitrogens is 1. The van der Waals surface area contributed by atoms with Crippen LogP contribution in [0.15, 0.2) is 66.7 Å². The van der Waals surface area contributed by atoms with Crippen LogP contribution in [0.25, 0.3) is 0 Å². The molecule has 16 atom stereocenters. The Bertz CT molecular complexity index is 3310. The Kier molecular flexibility index (Phi) is 17.8. The van der Waals surface area contributed by atoms with Gasteiger partial charge in [-0.25, -0.2) is 0 Å². The van der Waals surface area contributed by atoms with Gasteiger partial charge in [-0.1, -0.05) is 99.0 Å². The molecule has 6 heterocycles. The number of nitrogens with zero attached hydrogens (tertiary/aromatic N) is 3. The average molecular weight is 1330 g/mol. The smallest absolute Gasteiger partial charge is 0.165 e. The third-order valence-corrected chi connectivity index (χ3v) is 25.7. The van der Waals surface area contributed by atoms with Gasteiger partial charge < -0.3 is 59.4 Å². The van der Waals surface area contributed by atoms with E-state index in [0.29, 0.717) is 74.1 Å². The van der Waals surface area contributed by atoms with Gasteiger partial charge in [0, 0.05) is 88.2 Å². The number of hydroxylamine groups is 3. The fraction of sp³-hybridized carbons (Fsp3) is 0.680. The predicted molar refractivity (Wildman–Crippen MR) is 348 cm³/mol. The van der Waals surface area contributed by atoms with Gasteiger partial charge in [0.2, 0.25) is 0 Å². The summed E-state index contributed by atoms with van der Waals surface area (Å²) in [5.41, 5.74) is 4.81. The number of hydrogen-bond acceptors (Lipinski definition) is 13. The normalized spacial score (nSPS) is 39.4. The first-order valence-electron chi connectivity index (χ1n) is 33.2. The zero-order valence-corrected chi connectivity index (χ0v) is 52.4. The number of aliphatic hydroxyl groups is 4. The summed E-state index contributed by atoms with van der Waals surface area (Å²) in [6.07, 6.45) is 18.0. The summed E-state index contributed by atoms with van der Waals surface area (Å²) >= 11 is 0. The minimum absolute atomic E-state index is 0. The van der Waals surface area contributed by atoms with Crippen molar-refractivity contribution in [2.75, 3.05) is 46.4 Å². The molecule has 4 aromatic carbocycles. The van der Waals surface area contributed by atoms with E-state index < -0.39 is 22.2 Å². The molecule has 3 spiro atoms. The molecular weight excluding hydrogens is 1230 g/mol. The summed E-state index contributed by atoms with van der Waals surface area (Å²) in [6.45, 7) is 12.9.